The molecule has 0 fully saturated rings. The van der Waals surface area contributed by atoms with Crippen molar-refractivity contribution in [3.05, 3.63) is 46.3 Å². The van der Waals surface area contributed by atoms with Crippen LogP contribution in [0.15, 0.2) is 30.3 Å². The Morgan fingerprint density at radius 2 is 2.00 bits per heavy atom. The average molecular weight is 194 g/mol. The fraction of sp³-hybridized carbons (Fsp3) is 0.100. The van der Waals surface area contributed by atoms with Crippen LogP contribution in [0.1, 0.15) is 5.69 Å². The van der Waals surface area contributed by atoms with E-state index in [1.807, 2.05) is 18.2 Å². The van der Waals surface area contributed by atoms with Crippen LogP contribution in [0.2, 0.25) is 5.02 Å². The van der Waals surface area contributed by atoms with Crippen LogP contribution in [0.4, 0.5) is 0 Å². The van der Waals surface area contributed by atoms with E-state index >= 15 is 0 Å². The number of rotatable bonds is 0. The molecule has 2 rings (SSSR count). The van der Waals surface area contributed by atoms with Crippen molar-refractivity contribution in [3.63, 3.8) is 0 Å². The first-order chi connectivity index (χ1) is 6.20. The summed E-state index contributed by atoms with van der Waals surface area (Å²) in [6.45, 7) is 1.74. The van der Waals surface area contributed by atoms with Crippen LogP contribution < -0.4 is 4.73 Å². The molecule has 0 bridgehead atoms. The molecule has 0 amide bonds. The van der Waals surface area contributed by atoms with Gasteiger partial charge in [-0.2, -0.15) is 4.73 Å². The first-order valence-electron chi connectivity index (χ1n) is 3.97. The molecule has 0 saturated carbocycles. The Labute approximate surface area is 81.0 Å². The molecule has 0 radical (unpaired) electrons. The van der Waals surface area contributed by atoms with Crippen LogP contribution in [0.3, 0.4) is 0 Å². The first kappa shape index (κ1) is 8.32. The van der Waals surface area contributed by atoms with Crippen molar-refractivity contribution >= 4 is 22.5 Å². The Morgan fingerprint density at radius 3 is 2.77 bits per heavy atom. The van der Waals surface area contributed by atoms with E-state index in [2.05, 4.69) is 0 Å². The quantitative estimate of drug-likeness (QED) is 0.466. The minimum Gasteiger partial charge on any atom is -0.618 e. The second kappa shape index (κ2) is 2.89. The summed E-state index contributed by atoms with van der Waals surface area (Å²) in [5, 5.41) is 13.0. The fourth-order valence-electron chi connectivity index (χ4n) is 1.36. The molecule has 0 aliphatic rings. The number of hydrogen-bond donors (Lipinski definition) is 0. The van der Waals surface area contributed by atoms with Crippen molar-refractivity contribution < 1.29 is 4.73 Å². The zero-order valence-corrected chi connectivity index (χ0v) is 7.88. The number of pyridine rings is 1. The zero-order chi connectivity index (χ0) is 9.42. The summed E-state index contributed by atoms with van der Waals surface area (Å²) in [7, 11) is 0. The summed E-state index contributed by atoms with van der Waals surface area (Å²) in [6, 6.07) is 8.97. The largest absolute Gasteiger partial charge is 0.618 e. The third kappa shape index (κ3) is 1.23. The van der Waals surface area contributed by atoms with E-state index in [0.29, 0.717) is 16.2 Å². The normalized spacial score (nSPS) is 10.6. The molecular formula is C10H8ClNO. The molecule has 66 valence electrons. The molecule has 3 heteroatoms. The summed E-state index contributed by atoms with van der Waals surface area (Å²) >= 11 is 5.98. The van der Waals surface area contributed by atoms with E-state index in [4.69, 9.17) is 11.6 Å². The molecule has 0 aliphatic heterocycles. The van der Waals surface area contributed by atoms with Crippen LogP contribution in [0, 0.1) is 12.1 Å². The van der Waals surface area contributed by atoms with E-state index in [0.717, 1.165) is 10.1 Å². The van der Waals surface area contributed by atoms with Crippen molar-refractivity contribution in [1.29, 1.82) is 0 Å². The predicted molar refractivity (Wildman–Crippen MR) is 52.7 cm³/mol. The zero-order valence-electron chi connectivity index (χ0n) is 7.12. The molecule has 0 spiro atoms. The first-order valence-corrected chi connectivity index (χ1v) is 4.35. The van der Waals surface area contributed by atoms with Gasteiger partial charge in [-0.1, -0.05) is 23.7 Å². The predicted octanol–water partition coefficient (Wildman–Crippen LogP) is 2.44. The van der Waals surface area contributed by atoms with Gasteiger partial charge in [0.1, 0.15) is 0 Å². The lowest BCUT2D eigenvalue weighted by Gasteiger charge is -2.05. The molecule has 1 aromatic carbocycles. The Kier molecular flexibility index (Phi) is 1.85. The van der Waals surface area contributed by atoms with Gasteiger partial charge in [0, 0.05) is 19.1 Å². The Hall–Kier alpha value is -1.28. The standard InChI is InChI=1S/C10H8ClNO/c1-7-6-9(11)8-4-2-3-5-10(8)12(7)13/h2-6H,1H3. The van der Waals surface area contributed by atoms with Crippen LogP contribution >= 0.6 is 11.6 Å². The highest BCUT2D eigenvalue weighted by Gasteiger charge is 2.09. The summed E-state index contributed by atoms with van der Waals surface area (Å²) < 4.78 is 0.890. The van der Waals surface area contributed by atoms with E-state index in [-0.39, 0.29) is 0 Å². The van der Waals surface area contributed by atoms with E-state index in [1.54, 1.807) is 19.1 Å². The van der Waals surface area contributed by atoms with E-state index in [1.165, 1.54) is 0 Å². The maximum absolute atomic E-state index is 11.5. The highest BCUT2D eigenvalue weighted by atomic mass is 35.5. The number of aryl methyl sites for hydroxylation is 1. The molecule has 1 aromatic heterocycles. The maximum Gasteiger partial charge on any atom is 0.225 e. The molecular weight excluding hydrogens is 186 g/mol. The highest BCUT2D eigenvalue weighted by Crippen LogP contribution is 2.20. The molecule has 13 heavy (non-hydrogen) atoms. The molecule has 0 unspecified atom stereocenters. The summed E-state index contributed by atoms with van der Waals surface area (Å²) in [6.07, 6.45) is 0. The SMILES string of the molecule is Cc1cc(Cl)c2ccccc2[n+]1[O-]. The lowest BCUT2D eigenvalue weighted by molar-refractivity contribution is -0.584. The number of halogens is 1. The second-order valence-corrected chi connectivity index (χ2v) is 3.35. The van der Waals surface area contributed by atoms with Crippen molar-refractivity contribution in [2.45, 2.75) is 6.92 Å². The molecule has 2 nitrogen and oxygen atoms in total. The lowest BCUT2D eigenvalue weighted by atomic mass is 10.2. The maximum atomic E-state index is 11.5. The van der Waals surface area contributed by atoms with Gasteiger partial charge in [-0.3, -0.25) is 0 Å². The summed E-state index contributed by atoms with van der Waals surface area (Å²) in [5.41, 5.74) is 1.23. The van der Waals surface area contributed by atoms with Gasteiger partial charge in [0.05, 0.1) is 10.4 Å². The number of aromatic nitrogens is 1. The Morgan fingerprint density at radius 1 is 1.31 bits per heavy atom. The number of para-hydroxylation sites is 1. The minimum atomic E-state index is 0.615. The third-order valence-electron chi connectivity index (χ3n) is 2.04. The van der Waals surface area contributed by atoms with E-state index < -0.39 is 0 Å². The smallest absolute Gasteiger partial charge is 0.225 e. The highest BCUT2D eigenvalue weighted by molar-refractivity contribution is 6.35. The van der Waals surface area contributed by atoms with Crippen LogP contribution in [0.5, 0.6) is 0 Å². The van der Waals surface area contributed by atoms with Crippen molar-refractivity contribution in [1.82, 2.24) is 0 Å². The lowest BCUT2D eigenvalue weighted by Crippen LogP contribution is -2.30. The summed E-state index contributed by atoms with van der Waals surface area (Å²) in [5.74, 6) is 0. The second-order valence-electron chi connectivity index (χ2n) is 2.95. The van der Waals surface area contributed by atoms with Gasteiger partial charge in [0.25, 0.3) is 0 Å². The van der Waals surface area contributed by atoms with Gasteiger partial charge in [-0.25, -0.2) is 0 Å². The van der Waals surface area contributed by atoms with Crippen LogP contribution in [-0.4, -0.2) is 0 Å². The minimum absolute atomic E-state index is 0.615. The Bertz CT molecular complexity index is 468. The van der Waals surface area contributed by atoms with Crippen LogP contribution in [0.25, 0.3) is 10.9 Å². The number of nitrogens with zero attached hydrogens (tertiary/aromatic N) is 1. The van der Waals surface area contributed by atoms with Gasteiger partial charge >= 0.3 is 0 Å². The van der Waals surface area contributed by atoms with Gasteiger partial charge in [-0.15, -0.1) is 0 Å². The van der Waals surface area contributed by atoms with Crippen LogP contribution in [-0.2, 0) is 0 Å². The summed E-state index contributed by atoms with van der Waals surface area (Å²) in [4.78, 5) is 0. The number of hydrogen-bond acceptors (Lipinski definition) is 1. The van der Waals surface area contributed by atoms with Gasteiger partial charge in [0.2, 0.25) is 5.52 Å². The molecule has 0 N–H and O–H groups in total. The fourth-order valence-corrected chi connectivity index (χ4v) is 1.68. The molecule has 1 heterocycles. The van der Waals surface area contributed by atoms with Crippen molar-refractivity contribution in [3.8, 4) is 0 Å². The van der Waals surface area contributed by atoms with Crippen molar-refractivity contribution in [2.75, 3.05) is 0 Å². The van der Waals surface area contributed by atoms with Gasteiger partial charge in [-0.05, 0) is 6.07 Å². The van der Waals surface area contributed by atoms with E-state index in [9.17, 15) is 5.21 Å². The molecule has 0 aliphatic carbocycles. The van der Waals surface area contributed by atoms with Gasteiger partial charge in [0.15, 0.2) is 5.69 Å². The molecule has 0 atom stereocenters. The third-order valence-corrected chi connectivity index (χ3v) is 2.35. The van der Waals surface area contributed by atoms with Gasteiger partial charge < -0.3 is 5.21 Å². The molecule has 2 aromatic rings. The Balaban J connectivity index is 2.97. The topological polar surface area (TPSA) is 26.9 Å². The monoisotopic (exact) mass is 193 g/mol. The average Bonchev–Trinajstić information content (AvgIpc) is 2.15. The number of benzene rings is 1. The van der Waals surface area contributed by atoms with Crippen molar-refractivity contribution in [2.24, 2.45) is 0 Å². The number of fused-ring (bicyclic) bond motifs is 1. The molecule has 0 saturated heterocycles.